The molecule has 0 amide bonds. The number of rotatable bonds is 3. The molecule has 0 bridgehead atoms. The molecule has 0 N–H and O–H groups in total. The second-order valence-electron chi connectivity index (χ2n) is 7.10. The van der Waals surface area contributed by atoms with Crippen molar-refractivity contribution in [2.45, 2.75) is 33.3 Å². The molecule has 0 atom stereocenters. The van der Waals surface area contributed by atoms with E-state index in [0.29, 0.717) is 10.2 Å². The number of nitrogens with zero attached hydrogens (tertiary/aromatic N) is 3. The summed E-state index contributed by atoms with van der Waals surface area (Å²) >= 11 is 0. The molecule has 0 aliphatic carbocycles. The lowest BCUT2D eigenvalue weighted by Gasteiger charge is -2.18. The first-order chi connectivity index (χ1) is 13.2. The van der Waals surface area contributed by atoms with Crippen LogP contribution < -0.4 is 5.69 Å². The van der Waals surface area contributed by atoms with E-state index in [-0.39, 0.29) is 17.8 Å². The van der Waals surface area contributed by atoms with Gasteiger partial charge in [0.25, 0.3) is 0 Å². The minimum absolute atomic E-state index is 0.0222. The Hall–Kier alpha value is -3.42. The predicted octanol–water partition coefficient (Wildman–Crippen LogP) is 3.12. The van der Waals surface area contributed by atoms with Crippen LogP contribution >= 0.6 is 0 Å². The summed E-state index contributed by atoms with van der Waals surface area (Å²) in [5, 5.41) is 4.03. The van der Waals surface area contributed by atoms with Gasteiger partial charge in [0, 0.05) is 6.20 Å². The molecule has 0 fully saturated rings. The van der Waals surface area contributed by atoms with Crippen LogP contribution in [0.25, 0.3) is 16.8 Å². The fourth-order valence-corrected chi connectivity index (χ4v) is 2.65. The van der Waals surface area contributed by atoms with Crippen molar-refractivity contribution in [1.29, 1.82) is 0 Å². The van der Waals surface area contributed by atoms with E-state index >= 15 is 0 Å². The van der Waals surface area contributed by atoms with Crippen LogP contribution in [-0.4, -0.2) is 38.5 Å². The number of benzene rings is 1. The molecular weight excluding hydrogens is 362 g/mol. The molecule has 0 radical (unpaired) electrons. The van der Waals surface area contributed by atoms with E-state index in [1.165, 1.54) is 6.20 Å². The van der Waals surface area contributed by atoms with Crippen LogP contribution in [-0.2, 0) is 9.47 Å². The first kappa shape index (κ1) is 19.3. The number of hydrogen-bond donors (Lipinski definition) is 0. The summed E-state index contributed by atoms with van der Waals surface area (Å²) in [5.74, 6) is -0.633. The number of hydrogen-bond acceptors (Lipinski definition) is 6. The van der Waals surface area contributed by atoms with Crippen LogP contribution in [0.2, 0.25) is 0 Å². The Morgan fingerprint density at radius 3 is 2.39 bits per heavy atom. The van der Waals surface area contributed by atoms with Crippen molar-refractivity contribution >= 4 is 17.7 Å². The van der Waals surface area contributed by atoms with Gasteiger partial charge in [-0.25, -0.2) is 18.8 Å². The summed E-state index contributed by atoms with van der Waals surface area (Å²) in [7, 11) is 0. The molecule has 28 heavy (non-hydrogen) atoms. The molecule has 2 aromatic heterocycles. The number of ether oxygens (including phenoxy) is 2. The number of aromatic nitrogens is 3. The molecule has 0 spiro atoms. The third-order valence-electron chi connectivity index (χ3n) is 3.79. The zero-order valence-electron chi connectivity index (χ0n) is 16.1. The van der Waals surface area contributed by atoms with Crippen LogP contribution in [0.1, 0.15) is 38.1 Å². The molecule has 0 unspecified atom stereocenters. The number of esters is 1. The van der Waals surface area contributed by atoms with Crippen LogP contribution in [0, 0.1) is 0 Å². The van der Waals surface area contributed by atoms with Crippen LogP contribution in [0.3, 0.4) is 0 Å². The number of carbonyl (C=O) groups is 2. The number of fused-ring (bicyclic) bond motifs is 1. The van der Waals surface area contributed by atoms with Crippen molar-refractivity contribution in [1.82, 2.24) is 14.2 Å². The molecule has 3 aromatic rings. The first-order valence-electron chi connectivity index (χ1n) is 8.82. The van der Waals surface area contributed by atoms with Gasteiger partial charge in [-0.1, -0.05) is 30.3 Å². The van der Waals surface area contributed by atoms with E-state index in [0.717, 1.165) is 9.96 Å². The molecule has 8 nitrogen and oxygen atoms in total. The van der Waals surface area contributed by atoms with Gasteiger partial charge in [-0.3, -0.25) is 0 Å². The predicted molar refractivity (Wildman–Crippen MR) is 102 cm³/mol. The third kappa shape index (κ3) is 3.80. The van der Waals surface area contributed by atoms with Gasteiger partial charge in [0.1, 0.15) is 11.2 Å². The summed E-state index contributed by atoms with van der Waals surface area (Å²) in [4.78, 5) is 37.6. The van der Waals surface area contributed by atoms with Crippen molar-refractivity contribution < 1.29 is 19.1 Å². The smallest absolute Gasteiger partial charge is 0.439 e. The lowest BCUT2D eigenvalue weighted by Crippen LogP contribution is -2.34. The minimum Gasteiger partial charge on any atom is -0.462 e. The number of carbonyl (C=O) groups excluding carboxylic acids is 2. The zero-order chi connectivity index (χ0) is 20.5. The summed E-state index contributed by atoms with van der Waals surface area (Å²) in [5.41, 5.74) is -0.0103. The largest absolute Gasteiger partial charge is 0.462 e. The monoisotopic (exact) mass is 383 g/mol. The van der Waals surface area contributed by atoms with E-state index in [2.05, 4.69) is 5.10 Å². The summed E-state index contributed by atoms with van der Waals surface area (Å²) < 4.78 is 12.1. The van der Waals surface area contributed by atoms with Gasteiger partial charge in [-0.15, -0.1) is 9.78 Å². The van der Waals surface area contributed by atoms with Gasteiger partial charge in [0.15, 0.2) is 5.65 Å². The summed E-state index contributed by atoms with van der Waals surface area (Å²) in [6.07, 6.45) is 0.612. The fraction of sp³-hybridized carbons (Fsp3) is 0.300. The van der Waals surface area contributed by atoms with Gasteiger partial charge in [0.05, 0.1) is 6.61 Å². The van der Waals surface area contributed by atoms with Gasteiger partial charge < -0.3 is 9.47 Å². The van der Waals surface area contributed by atoms with Crippen LogP contribution in [0.4, 0.5) is 4.79 Å². The molecule has 146 valence electrons. The first-order valence-corrected chi connectivity index (χ1v) is 8.82. The van der Waals surface area contributed by atoms with Gasteiger partial charge in [-0.2, -0.15) is 0 Å². The Bertz CT molecular complexity index is 1090. The van der Waals surface area contributed by atoms with Crippen LogP contribution in [0.15, 0.2) is 47.4 Å². The highest BCUT2D eigenvalue weighted by atomic mass is 16.6. The zero-order valence-corrected chi connectivity index (χ0v) is 16.1. The number of pyridine rings is 1. The minimum atomic E-state index is -0.919. The average molecular weight is 383 g/mol. The van der Waals surface area contributed by atoms with E-state index in [1.807, 2.05) is 30.3 Å². The van der Waals surface area contributed by atoms with E-state index in [9.17, 15) is 14.4 Å². The van der Waals surface area contributed by atoms with E-state index in [1.54, 1.807) is 33.8 Å². The maximum Gasteiger partial charge on any atom is 0.439 e. The van der Waals surface area contributed by atoms with E-state index in [4.69, 9.17) is 9.47 Å². The fourth-order valence-electron chi connectivity index (χ4n) is 2.65. The molecule has 0 saturated carbocycles. The molecule has 0 aliphatic heterocycles. The lowest BCUT2D eigenvalue weighted by atomic mass is 10.1. The highest BCUT2D eigenvalue weighted by Crippen LogP contribution is 2.22. The van der Waals surface area contributed by atoms with Crippen molar-refractivity contribution in [2.24, 2.45) is 0 Å². The Morgan fingerprint density at radius 1 is 1.11 bits per heavy atom. The summed E-state index contributed by atoms with van der Waals surface area (Å²) in [6, 6.07) is 10.8. The second kappa shape index (κ2) is 7.30. The molecule has 8 heteroatoms. The van der Waals surface area contributed by atoms with Gasteiger partial charge in [0.2, 0.25) is 0 Å². The highest BCUT2D eigenvalue weighted by molar-refractivity contribution is 5.97. The normalized spacial score (nSPS) is 11.4. The molecule has 3 rings (SSSR count). The van der Waals surface area contributed by atoms with Gasteiger partial charge >= 0.3 is 17.8 Å². The van der Waals surface area contributed by atoms with E-state index < -0.39 is 23.4 Å². The Labute approximate surface area is 161 Å². The quantitative estimate of drug-likeness (QED) is 0.645. The standard InChI is InChI=1S/C20H21N3O5/c1-5-27-17(24)15-11-14(13-9-7-6-8-10-13)12-22-16(15)21-23(18(22)25)19(26)28-20(2,3)4/h6-12H,5H2,1-4H3. The van der Waals surface area contributed by atoms with Gasteiger partial charge in [-0.05, 0) is 44.9 Å². The van der Waals surface area contributed by atoms with Crippen molar-refractivity contribution in [3.05, 3.63) is 58.6 Å². The van der Waals surface area contributed by atoms with Crippen molar-refractivity contribution in [2.75, 3.05) is 6.61 Å². The molecule has 2 heterocycles. The maximum atomic E-state index is 12.8. The molecule has 0 aliphatic rings. The highest BCUT2D eigenvalue weighted by Gasteiger charge is 2.25. The Morgan fingerprint density at radius 2 is 1.79 bits per heavy atom. The molecule has 1 aromatic carbocycles. The Kier molecular flexibility index (Phi) is 5.04. The van der Waals surface area contributed by atoms with Crippen molar-refractivity contribution in [3.8, 4) is 11.1 Å². The molecule has 0 saturated heterocycles. The average Bonchev–Trinajstić information content (AvgIpc) is 2.97. The van der Waals surface area contributed by atoms with Crippen molar-refractivity contribution in [3.63, 3.8) is 0 Å². The summed E-state index contributed by atoms with van der Waals surface area (Å²) in [6.45, 7) is 6.90. The second-order valence-corrected chi connectivity index (χ2v) is 7.10. The maximum absolute atomic E-state index is 12.8. The topological polar surface area (TPSA) is 91.9 Å². The lowest BCUT2D eigenvalue weighted by molar-refractivity contribution is 0.0500. The SMILES string of the molecule is CCOC(=O)c1cc(-c2ccccc2)cn2c(=O)n(C(=O)OC(C)(C)C)nc12. The molecular formula is C20H21N3O5. The van der Waals surface area contributed by atoms with Crippen LogP contribution in [0.5, 0.6) is 0 Å². The Balaban J connectivity index is 2.23. The third-order valence-corrected chi connectivity index (χ3v) is 3.79.